The molecule has 0 bridgehead atoms. The van der Waals surface area contributed by atoms with Crippen LogP contribution < -0.4 is 5.32 Å². The molecule has 0 fully saturated rings. The van der Waals surface area contributed by atoms with Gasteiger partial charge < -0.3 is 19.2 Å². The van der Waals surface area contributed by atoms with Crippen molar-refractivity contribution in [1.29, 1.82) is 0 Å². The fourth-order valence-corrected chi connectivity index (χ4v) is 2.05. The van der Waals surface area contributed by atoms with Crippen LogP contribution in [0.1, 0.15) is 32.2 Å². The lowest BCUT2D eigenvalue weighted by molar-refractivity contribution is -0.119. The first kappa shape index (κ1) is 17.3. The molecule has 0 radical (unpaired) electrons. The van der Waals surface area contributed by atoms with E-state index in [1.54, 1.807) is 32.0 Å². The highest BCUT2D eigenvalue weighted by molar-refractivity contribution is 5.96. The fraction of sp³-hybridized carbons (Fsp3) is 0.235. The van der Waals surface area contributed by atoms with Crippen LogP contribution in [0.2, 0.25) is 0 Å². The molecule has 0 aliphatic rings. The molecule has 1 amide bonds. The Balaban J connectivity index is 1.88. The summed E-state index contributed by atoms with van der Waals surface area (Å²) in [5.41, 5.74) is 1.13. The molecule has 0 aliphatic carbocycles. The monoisotopic (exact) mass is 331 g/mol. The van der Waals surface area contributed by atoms with E-state index in [0.29, 0.717) is 28.3 Å². The largest absolute Gasteiger partial charge is 0.466 e. The molecular weight excluding hydrogens is 314 g/mol. The number of hydrogen-bond donors (Lipinski definition) is 1. The Morgan fingerprint density at radius 3 is 2.29 bits per heavy atom. The maximum absolute atomic E-state index is 11.9. The van der Waals surface area contributed by atoms with Gasteiger partial charge in [0.1, 0.15) is 17.1 Å². The highest BCUT2D eigenvalue weighted by Crippen LogP contribution is 2.15. The van der Waals surface area contributed by atoms with Gasteiger partial charge in [-0.2, -0.15) is 0 Å². The molecule has 7 nitrogen and oxygen atoms in total. The Morgan fingerprint density at radius 2 is 1.75 bits per heavy atom. The van der Waals surface area contributed by atoms with E-state index >= 15 is 0 Å². The molecule has 0 unspecified atom stereocenters. The number of nitrogens with one attached hydrogen (secondary N) is 1. The number of anilines is 1. The Kier molecular flexibility index (Phi) is 5.36. The third kappa shape index (κ3) is 4.22. The van der Waals surface area contributed by atoms with Gasteiger partial charge in [0.25, 0.3) is 5.91 Å². The minimum Gasteiger partial charge on any atom is -0.466 e. The summed E-state index contributed by atoms with van der Waals surface area (Å²) in [5, 5.41) is 2.56. The number of methoxy groups -OCH3 is 1. The van der Waals surface area contributed by atoms with Gasteiger partial charge >= 0.3 is 11.9 Å². The van der Waals surface area contributed by atoms with Gasteiger partial charge in [0, 0.05) is 5.69 Å². The molecule has 7 heteroatoms. The second-order valence-electron chi connectivity index (χ2n) is 5.02. The molecule has 24 heavy (non-hydrogen) atoms. The van der Waals surface area contributed by atoms with Gasteiger partial charge in [-0.05, 0) is 44.2 Å². The van der Waals surface area contributed by atoms with Gasteiger partial charge in [0.05, 0.1) is 12.7 Å². The molecular formula is C17H17NO6. The van der Waals surface area contributed by atoms with Crippen molar-refractivity contribution in [2.75, 3.05) is 19.0 Å². The van der Waals surface area contributed by atoms with E-state index in [4.69, 9.17) is 9.15 Å². The minimum atomic E-state index is -0.625. The molecule has 2 rings (SSSR count). The van der Waals surface area contributed by atoms with E-state index in [1.807, 2.05) is 0 Å². The topological polar surface area (TPSA) is 94.8 Å². The lowest BCUT2D eigenvalue weighted by Crippen LogP contribution is -2.21. The van der Waals surface area contributed by atoms with Gasteiger partial charge in [-0.25, -0.2) is 9.59 Å². The average molecular weight is 331 g/mol. The van der Waals surface area contributed by atoms with Crippen LogP contribution in [0.4, 0.5) is 5.69 Å². The van der Waals surface area contributed by atoms with Gasteiger partial charge in [-0.1, -0.05) is 0 Å². The number of furan rings is 1. The molecule has 1 aromatic carbocycles. The molecule has 1 heterocycles. The zero-order valence-electron chi connectivity index (χ0n) is 13.5. The quantitative estimate of drug-likeness (QED) is 0.846. The number of aryl methyl sites for hydroxylation is 2. The Bertz CT molecular complexity index is 760. The lowest BCUT2D eigenvalue weighted by Gasteiger charge is -2.07. The Hall–Kier alpha value is -3.09. The molecule has 0 atom stereocenters. The number of ether oxygens (including phenoxy) is 2. The van der Waals surface area contributed by atoms with Gasteiger partial charge in [0.2, 0.25) is 0 Å². The molecule has 0 aliphatic heterocycles. The summed E-state index contributed by atoms with van der Waals surface area (Å²) in [6.07, 6.45) is 0. The van der Waals surface area contributed by atoms with Gasteiger partial charge in [-0.3, -0.25) is 4.79 Å². The van der Waals surface area contributed by atoms with Crippen LogP contribution in [-0.4, -0.2) is 31.6 Å². The molecule has 0 saturated heterocycles. The number of esters is 2. The minimum absolute atomic E-state index is 0.294. The van der Waals surface area contributed by atoms with Crippen LogP contribution in [0.15, 0.2) is 34.7 Å². The molecule has 0 spiro atoms. The number of benzene rings is 1. The van der Waals surface area contributed by atoms with Crippen molar-refractivity contribution < 1.29 is 28.3 Å². The number of rotatable bonds is 5. The van der Waals surface area contributed by atoms with E-state index < -0.39 is 24.5 Å². The van der Waals surface area contributed by atoms with Crippen LogP contribution >= 0.6 is 0 Å². The number of amides is 1. The summed E-state index contributed by atoms with van der Waals surface area (Å²) in [6.45, 7) is 2.93. The smallest absolute Gasteiger partial charge is 0.342 e. The first-order valence-corrected chi connectivity index (χ1v) is 7.13. The Morgan fingerprint density at radius 1 is 1.08 bits per heavy atom. The summed E-state index contributed by atoms with van der Waals surface area (Å²) in [5.74, 6) is -0.550. The normalized spacial score (nSPS) is 10.1. The van der Waals surface area contributed by atoms with Crippen molar-refractivity contribution in [3.05, 3.63) is 53.0 Å². The third-order valence-corrected chi connectivity index (χ3v) is 3.19. The summed E-state index contributed by atoms with van der Waals surface area (Å²) in [6, 6.07) is 7.70. The van der Waals surface area contributed by atoms with E-state index in [0.717, 1.165) is 0 Å². The first-order valence-electron chi connectivity index (χ1n) is 7.13. The highest BCUT2D eigenvalue weighted by atomic mass is 16.5. The lowest BCUT2D eigenvalue weighted by atomic mass is 10.2. The Labute approximate surface area is 138 Å². The van der Waals surface area contributed by atoms with Gasteiger partial charge in [-0.15, -0.1) is 0 Å². The van der Waals surface area contributed by atoms with E-state index in [9.17, 15) is 14.4 Å². The van der Waals surface area contributed by atoms with E-state index in [2.05, 4.69) is 10.1 Å². The van der Waals surface area contributed by atoms with Crippen LogP contribution in [0.5, 0.6) is 0 Å². The number of hydrogen-bond acceptors (Lipinski definition) is 6. The zero-order chi connectivity index (χ0) is 17.7. The van der Waals surface area contributed by atoms with Crippen molar-refractivity contribution in [2.24, 2.45) is 0 Å². The van der Waals surface area contributed by atoms with Crippen LogP contribution in [0.3, 0.4) is 0 Å². The van der Waals surface area contributed by atoms with Crippen molar-refractivity contribution >= 4 is 23.5 Å². The second-order valence-corrected chi connectivity index (χ2v) is 5.02. The molecule has 1 N–H and O–H groups in total. The van der Waals surface area contributed by atoms with Crippen molar-refractivity contribution in [3.8, 4) is 0 Å². The SMILES string of the molecule is COC(=O)c1ccc(NC(=O)COC(=O)c2cc(C)oc2C)cc1. The maximum Gasteiger partial charge on any atom is 0.342 e. The molecule has 0 saturated carbocycles. The molecule has 126 valence electrons. The first-order chi connectivity index (χ1) is 11.4. The van der Waals surface area contributed by atoms with Crippen molar-refractivity contribution in [3.63, 3.8) is 0 Å². The highest BCUT2D eigenvalue weighted by Gasteiger charge is 2.16. The summed E-state index contributed by atoms with van der Waals surface area (Å²) in [4.78, 5) is 35.0. The molecule has 2 aromatic rings. The van der Waals surface area contributed by atoms with Crippen molar-refractivity contribution in [2.45, 2.75) is 13.8 Å². The summed E-state index contributed by atoms with van der Waals surface area (Å²) >= 11 is 0. The third-order valence-electron chi connectivity index (χ3n) is 3.19. The standard InChI is InChI=1S/C17H17NO6/c1-10-8-14(11(2)24-10)17(21)23-9-15(19)18-13-6-4-12(5-7-13)16(20)22-3/h4-8H,9H2,1-3H3,(H,18,19). The predicted molar refractivity (Wildman–Crippen MR) is 84.9 cm³/mol. The maximum atomic E-state index is 11.9. The summed E-state index contributed by atoms with van der Waals surface area (Å²) < 4.78 is 14.8. The molecule has 1 aromatic heterocycles. The van der Waals surface area contributed by atoms with Crippen LogP contribution in [-0.2, 0) is 14.3 Å². The average Bonchev–Trinajstić information content (AvgIpc) is 2.91. The number of carbonyl (C=O) groups excluding carboxylic acids is 3. The van der Waals surface area contributed by atoms with E-state index in [1.165, 1.54) is 19.2 Å². The number of carbonyl (C=O) groups is 3. The van der Waals surface area contributed by atoms with Gasteiger partial charge in [0.15, 0.2) is 6.61 Å². The van der Waals surface area contributed by atoms with Crippen molar-refractivity contribution in [1.82, 2.24) is 0 Å². The predicted octanol–water partition coefficient (Wildman–Crippen LogP) is 2.48. The fourth-order valence-electron chi connectivity index (χ4n) is 2.05. The second kappa shape index (κ2) is 7.45. The van der Waals surface area contributed by atoms with Crippen LogP contribution in [0.25, 0.3) is 0 Å². The zero-order valence-corrected chi connectivity index (χ0v) is 13.5. The van der Waals surface area contributed by atoms with Crippen LogP contribution in [0, 0.1) is 13.8 Å². The summed E-state index contributed by atoms with van der Waals surface area (Å²) in [7, 11) is 1.29. The van der Waals surface area contributed by atoms with E-state index in [-0.39, 0.29) is 0 Å².